The molecule has 0 heterocycles. The lowest BCUT2D eigenvalue weighted by Crippen LogP contribution is -2.53. The van der Waals surface area contributed by atoms with Gasteiger partial charge in [0.2, 0.25) is 0 Å². The minimum Gasteiger partial charge on any atom is -0.479 e. The quantitative estimate of drug-likeness (QED) is 0.804. The second-order valence-corrected chi connectivity index (χ2v) is 4.54. The summed E-state index contributed by atoms with van der Waals surface area (Å²) in [5.74, 6) is -2.21. The Morgan fingerprint density at radius 2 is 1.90 bits per heavy atom. The molecular weight excluding hydrogens is 274 g/mol. The Morgan fingerprint density at radius 3 is 2.33 bits per heavy atom. The molecule has 2 rings (SSSR count). The fraction of sp³-hybridized carbons (Fsp3) is 0.200. The Bertz CT molecular complexity index is 608. The number of benzene rings is 1. The molecular formula is C15H15NO5. The predicted octanol–water partition coefficient (Wildman–Crippen LogP) is 1.85. The molecule has 0 fully saturated rings. The molecule has 0 amide bonds. The van der Waals surface area contributed by atoms with Gasteiger partial charge in [-0.3, -0.25) is 4.84 Å². The molecule has 0 aromatic heterocycles. The van der Waals surface area contributed by atoms with Crippen molar-refractivity contribution in [3.8, 4) is 0 Å². The highest BCUT2D eigenvalue weighted by molar-refractivity contribution is 5.93. The van der Waals surface area contributed by atoms with Gasteiger partial charge in [0.25, 0.3) is 0 Å². The van der Waals surface area contributed by atoms with Gasteiger partial charge >= 0.3 is 11.9 Å². The largest absolute Gasteiger partial charge is 0.479 e. The fourth-order valence-corrected chi connectivity index (χ4v) is 2.25. The SMILES string of the molecule is CON(c1ccccc1)C1(C(=O)O)C=CC(C(=O)O)=CC1. The van der Waals surface area contributed by atoms with E-state index in [4.69, 9.17) is 9.94 Å². The molecule has 1 aromatic carbocycles. The van der Waals surface area contributed by atoms with Crippen molar-refractivity contribution in [2.24, 2.45) is 0 Å². The summed E-state index contributed by atoms with van der Waals surface area (Å²) in [6.45, 7) is 0. The number of carboxylic acids is 2. The third-order valence-corrected chi connectivity index (χ3v) is 3.32. The van der Waals surface area contributed by atoms with Crippen LogP contribution in [-0.4, -0.2) is 34.8 Å². The third-order valence-electron chi connectivity index (χ3n) is 3.32. The first-order valence-corrected chi connectivity index (χ1v) is 6.27. The Kier molecular flexibility index (Phi) is 4.09. The van der Waals surface area contributed by atoms with E-state index in [-0.39, 0.29) is 12.0 Å². The van der Waals surface area contributed by atoms with Crippen molar-refractivity contribution in [1.82, 2.24) is 0 Å². The van der Waals surface area contributed by atoms with Gasteiger partial charge in [-0.05, 0) is 24.3 Å². The first-order valence-electron chi connectivity index (χ1n) is 6.27. The molecule has 0 saturated heterocycles. The van der Waals surface area contributed by atoms with Gasteiger partial charge in [-0.25, -0.2) is 14.7 Å². The van der Waals surface area contributed by atoms with Gasteiger partial charge < -0.3 is 10.2 Å². The highest BCUT2D eigenvalue weighted by Gasteiger charge is 2.44. The molecule has 1 aliphatic rings. The van der Waals surface area contributed by atoms with E-state index >= 15 is 0 Å². The summed E-state index contributed by atoms with van der Waals surface area (Å²) in [6, 6.07) is 8.78. The van der Waals surface area contributed by atoms with Crippen molar-refractivity contribution in [1.29, 1.82) is 0 Å². The summed E-state index contributed by atoms with van der Waals surface area (Å²) in [6.07, 6.45) is 4.00. The van der Waals surface area contributed by atoms with Gasteiger partial charge in [0, 0.05) is 6.42 Å². The minimum absolute atomic E-state index is 0.0107. The van der Waals surface area contributed by atoms with Crippen molar-refractivity contribution in [2.75, 3.05) is 12.2 Å². The number of anilines is 1. The standard InChI is InChI=1S/C15H15NO5/c1-21-16(12-5-3-2-4-6-12)15(14(19)20)9-7-11(8-10-15)13(17)18/h2-9H,10H2,1H3,(H,17,18)(H,19,20). The molecule has 2 N–H and O–H groups in total. The molecule has 6 nitrogen and oxygen atoms in total. The molecule has 1 atom stereocenters. The summed E-state index contributed by atoms with van der Waals surface area (Å²) in [7, 11) is 1.38. The van der Waals surface area contributed by atoms with E-state index < -0.39 is 17.5 Å². The number of hydrogen-bond donors (Lipinski definition) is 2. The van der Waals surface area contributed by atoms with Crippen LogP contribution in [0.15, 0.2) is 54.1 Å². The molecule has 6 heteroatoms. The van der Waals surface area contributed by atoms with Gasteiger partial charge in [0.1, 0.15) is 0 Å². The van der Waals surface area contributed by atoms with E-state index in [1.807, 2.05) is 6.07 Å². The number of hydroxylamine groups is 1. The molecule has 0 bridgehead atoms. The van der Waals surface area contributed by atoms with Crippen molar-refractivity contribution < 1.29 is 24.6 Å². The maximum Gasteiger partial charge on any atom is 0.336 e. The summed E-state index contributed by atoms with van der Waals surface area (Å²) in [4.78, 5) is 28.0. The lowest BCUT2D eigenvalue weighted by Gasteiger charge is -2.38. The smallest absolute Gasteiger partial charge is 0.336 e. The molecule has 1 aromatic rings. The first kappa shape index (κ1) is 14.8. The third kappa shape index (κ3) is 2.66. The topological polar surface area (TPSA) is 87.1 Å². The number of nitrogens with zero attached hydrogens (tertiary/aromatic N) is 1. The summed E-state index contributed by atoms with van der Waals surface area (Å²) < 4.78 is 0. The normalized spacial score (nSPS) is 20.7. The number of para-hydroxylation sites is 1. The number of carboxylic acid groups (broad SMARTS) is 2. The molecule has 0 aliphatic heterocycles. The van der Waals surface area contributed by atoms with Gasteiger partial charge in [0.05, 0.1) is 18.4 Å². The molecule has 110 valence electrons. The van der Waals surface area contributed by atoms with Crippen molar-refractivity contribution in [3.63, 3.8) is 0 Å². The van der Waals surface area contributed by atoms with Gasteiger partial charge in [-0.15, -0.1) is 0 Å². The van der Waals surface area contributed by atoms with Crippen molar-refractivity contribution >= 4 is 17.6 Å². The van der Waals surface area contributed by atoms with Crippen LogP contribution in [0.1, 0.15) is 6.42 Å². The highest BCUT2D eigenvalue weighted by Crippen LogP contribution is 2.32. The molecule has 0 spiro atoms. The van der Waals surface area contributed by atoms with Crippen LogP contribution in [0.5, 0.6) is 0 Å². The molecule has 0 radical (unpaired) electrons. The monoisotopic (exact) mass is 289 g/mol. The van der Waals surface area contributed by atoms with Crippen LogP contribution in [-0.2, 0) is 14.4 Å². The Morgan fingerprint density at radius 1 is 1.24 bits per heavy atom. The van der Waals surface area contributed by atoms with Gasteiger partial charge in [-0.2, -0.15) is 0 Å². The van der Waals surface area contributed by atoms with E-state index in [0.717, 1.165) is 0 Å². The average molecular weight is 289 g/mol. The zero-order valence-electron chi connectivity index (χ0n) is 11.4. The van der Waals surface area contributed by atoms with Gasteiger partial charge in [-0.1, -0.05) is 24.3 Å². The number of hydrogen-bond acceptors (Lipinski definition) is 4. The summed E-state index contributed by atoms with van der Waals surface area (Å²) in [5.41, 5.74) is -0.843. The first-order chi connectivity index (χ1) is 10.0. The van der Waals surface area contributed by atoms with Crippen LogP contribution < -0.4 is 5.06 Å². The maximum atomic E-state index is 11.8. The van der Waals surface area contributed by atoms with Crippen LogP contribution >= 0.6 is 0 Å². The second kappa shape index (κ2) is 5.80. The molecule has 1 unspecified atom stereocenters. The zero-order valence-corrected chi connectivity index (χ0v) is 11.4. The van der Waals surface area contributed by atoms with Crippen molar-refractivity contribution in [2.45, 2.75) is 12.0 Å². The number of carbonyl (C=O) groups is 2. The maximum absolute atomic E-state index is 11.8. The van der Waals surface area contributed by atoms with Crippen molar-refractivity contribution in [3.05, 3.63) is 54.1 Å². The Hall–Kier alpha value is -2.60. The Balaban J connectivity index is 2.43. The molecule has 0 saturated carbocycles. The number of aliphatic carboxylic acids is 2. The average Bonchev–Trinajstić information content (AvgIpc) is 2.49. The zero-order chi connectivity index (χ0) is 15.5. The van der Waals surface area contributed by atoms with Crippen LogP contribution in [0.4, 0.5) is 5.69 Å². The fourth-order valence-electron chi connectivity index (χ4n) is 2.25. The van der Waals surface area contributed by atoms with E-state index in [1.165, 1.54) is 30.4 Å². The van der Waals surface area contributed by atoms with E-state index in [9.17, 15) is 14.7 Å². The molecule has 21 heavy (non-hydrogen) atoms. The summed E-state index contributed by atoms with van der Waals surface area (Å²) in [5, 5.41) is 19.8. The van der Waals surface area contributed by atoms with E-state index in [0.29, 0.717) is 5.69 Å². The van der Waals surface area contributed by atoms with E-state index in [1.54, 1.807) is 24.3 Å². The number of rotatable bonds is 5. The van der Waals surface area contributed by atoms with Gasteiger partial charge in [0.15, 0.2) is 5.54 Å². The van der Waals surface area contributed by atoms with Crippen LogP contribution in [0.2, 0.25) is 0 Å². The highest BCUT2D eigenvalue weighted by atomic mass is 16.7. The van der Waals surface area contributed by atoms with E-state index in [2.05, 4.69) is 0 Å². The lowest BCUT2D eigenvalue weighted by atomic mass is 9.87. The minimum atomic E-state index is -1.48. The predicted molar refractivity (Wildman–Crippen MR) is 75.8 cm³/mol. The second-order valence-electron chi connectivity index (χ2n) is 4.54. The van der Waals surface area contributed by atoms with Crippen LogP contribution in [0, 0.1) is 0 Å². The summed E-state index contributed by atoms with van der Waals surface area (Å²) >= 11 is 0. The molecule has 1 aliphatic carbocycles. The van der Waals surface area contributed by atoms with Crippen LogP contribution in [0.3, 0.4) is 0 Å². The lowest BCUT2D eigenvalue weighted by molar-refractivity contribution is -0.144. The Labute approximate surface area is 121 Å². The van der Waals surface area contributed by atoms with Crippen LogP contribution in [0.25, 0.3) is 0 Å².